The number of carboxylic acid groups (broad SMARTS) is 1. The van der Waals surface area contributed by atoms with Crippen LogP contribution in [0.1, 0.15) is 25.8 Å². The maximum absolute atomic E-state index is 12.7. The summed E-state index contributed by atoms with van der Waals surface area (Å²) in [5.41, 5.74) is 0.248. The Labute approximate surface area is 159 Å². The van der Waals surface area contributed by atoms with Gasteiger partial charge >= 0.3 is 11.9 Å². The Hall–Kier alpha value is -2.00. The van der Waals surface area contributed by atoms with Gasteiger partial charge in [0, 0.05) is 43.9 Å². The lowest BCUT2D eigenvalue weighted by Crippen LogP contribution is -2.49. The molecule has 1 aromatic carbocycles. The molecule has 1 aromatic rings. The van der Waals surface area contributed by atoms with Crippen LogP contribution in [0.4, 0.5) is 0 Å². The highest BCUT2D eigenvalue weighted by Crippen LogP contribution is 2.48. The van der Waals surface area contributed by atoms with E-state index in [1.165, 1.54) is 24.8 Å². The quantitative estimate of drug-likeness (QED) is 0.575. The van der Waals surface area contributed by atoms with Crippen molar-refractivity contribution in [3.05, 3.63) is 29.8 Å². The molecule has 1 unspecified atom stereocenters. The van der Waals surface area contributed by atoms with E-state index in [9.17, 15) is 24.3 Å². The number of carboxylic acids is 1. The second-order valence-corrected chi connectivity index (χ2v) is 8.08. The Balaban J connectivity index is 2.40. The molecule has 1 fully saturated rings. The Bertz CT molecular complexity index is 738. The van der Waals surface area contributed by atoms with Crippen molar-refractivity contribution in [2.45, 2.75) is 25.1 Å². The number of carbonyl (C=O) groups excluding carboxylic acids is 3. The average Bonchev–Trinajstić information content (AvgIpc) is 3.00. The van der Waals surface area contributed by atoms with Crippen molar-refractivity contribution < 1.29 is 29.0 Å². The average molecular weight is 397 g/mol. The van der Waals surface area contributed by atoms with Crippen LogP contribution in [-0.4, -0.2) is 51.0 Å². The number of para-hydroxylation sites is 1. The number of nitrogens with zero attached hydrogens (tertiary/aromatic N) is 1. The van der Waals surface area contributed by atoms with Gasteiger partial charge < -0.3 is 14.7 Å². The molecule has 0 saturated carbocycles. The summed E-state index contributed by atoms with van der Waals surface area (Å²) in [6, 6.07) is 6.33. The number of hydrogen-bond acceptors (Lipinski definition) is 7. The molecule has 1 aliphatic rings. The minimum atomic E-state index is -1.66. The number of aliphatic carboxylic acids is 1. The molecule has 1 saturated heterocycles. The second kappa shape index (κ2) is 8.59. The van der Waals surface area contributed by atoms with Crippen molar-refractivity contribution in [1.82, 2.24) is 4.90 Å². The minimum absolute atomic E-state index is 0.0512. The van der Waals surface area contributed by atoms with Crippen LogP contribution in [0, 0.1) is 0 Å². The van der Waals surface area contributed by atoms with E-state index in [2.05, 4.69) is 0 Å². The van der Waals surface area contributed by atoms with Crippen molar-refractivity contribution in [3.8, 4) is 5.75 Å². The zero-order valence-corrected chi connectivity index (χ0v) is 16.0. The summed E-state index contributed by atoms with van der Waals surface area (Å²) in [7, 11) is 0. The molecule has 0 bridgehead atoms. The van der Waals surface area contributed by atoms with Crippen molar-refractivity contribution in [2.75, 3.05) is 18.1 Å². The first-order chi connectivity index (χ1) is 12.3. The van der Waals surface area contributed by atoms with E-state index in [0.29, 0.717) is 5.75 Å². The number of carbonyl (C=O) groups is 4. The van der Waals surface area contributed by atoms with E-state index < -0.39 is 16.8 Å². The number of rotatable bonds is 6. The van der Waals surface area contributed by atoms with E-state index in [1.807, 2.05) is 0 Å². The minimum Gasteiger partial charge on any atom is -0.479 e. The van der Waals surface area contributed by atoms with Crippen LogP contribution in [0.25, 0.3) is 0 Å². The first-order valence-electron chi connectivity index (χ1n) is 7.88. The van der Waals surface area contributed by atoms with Crippen LogP contribution in [0.15, 0.2) is 24.3 Å². The van der Waals surface area contributed by atoms with Crippen LogP contribution in [0.2, 0.25) is 0 Å². The fraction of sp³-hybridized carbons (Fsp3) is 0.412. The van der Waals surface area contributed by atoms with E-state index in [1.54, 1.807) is 18.2 Å². The van der Waals surface area contributed by atoms with E-state index in [-0.39, 0.29) is 41.1 Å². The zero-order valence-electron chi connectivity index (χ0n) is 14.4. The molecule has 1 atom stereocenters. The zero-order chi connectivity index (χ0) is 19.3. The van der Waals surface area contributed by atoms with Gasteiger partial charge in [-0.05, 0) is 6.07 Å². The third kappa shape index (κ3) is 4.21. The topological polar surface area (TPSA) is 101 Å². The fourth-order valence-corrected chi connectivity index (χ4v) is 4.67. The van der Waals surface area contributed by atoms with Crippen LogP contribution in [0.5, 0.6) is 5.75 Å². The summed E-state index contributed by atoms with van der Waals surface area (Å²) >= 11 is 2.13. The highest BCUT2D eigenvalue weighted by atomic mass is 32.2. The monoisotopic (exact) mass is 397 g/mol. The molecule has 140 valence electrons. The van der Waals surface area contributed by atoms with Gasteiger partial charge in [-0.25, -0.2) is 4.79 Å². The summed E-state index contributed by atoms with van der Waals surface area (Å²) in [5.74, 6) is -1.29. The molecule has 2 rings (SSSR count). The lowest BCUT2D eigenvalue weighted by atomic mass is 10.0. The lowest BCUT2D eigenvalue weighted by Gasteiger charge is -2.35. The van der Waals surface area contributed by atoms with Crippen LogP contribution < -0.4 is 4.74 Å². The van der Waals surface area contributed by atoms with Gasteiger partial charge in [-0.15, -0.1) is 11.8 Å². The van der Waals surface area contributed by atoms with Gasteiger partial charge in [0.2, 0.25) is 10.8 Å². The lowest BCUT2D eigenvalue weighted by molar-refractivity contribution is -0.152. The Morgan fingerprint density at radius 1 is 1.27 bits per heavy atom. The maximum atomic E-state index is 12.7. The fourth-order valence-electron chi connectivity index (χ4n) is 2.74. The third-order valence-corrected chi connectivity index (χ3v) is 5.96. The molecule has 0 radical (unpaired) electrons. The highest BCUT2D eigenvalue weighted by molar-refractivity contribution is 8.13. The van der Waals surface area contributed by atoms with Gasteiger partial charge in [0.05, 0.1) is 0 Å². The molecular formula is C17H19NO6S2. The number of benzene rings is 1. The van der Waals surface area contributed by atoms with Crippen molar-refractivity contribution in [2.24, 2.45) is 0 Å². The molecule has 1 aliphatic heterocycles. The molecule has 9 heteroatoms. The van der Waals surface area contributed by atoms with Gasteiger partial charge in [-0.2, -0.15) is 0 Å². The van der Waals surface area contributed by atoms with Gasteiger partial charge in [-0.1, -0.05) is 30.0 Å². The standard InChI is InChI=1S/C17H19NO6S2/c1-11(19)24-14-6-4-3-5-13(14)17(16(22)23)18(8-10-26-17)15(21)7-9-25-12(2)20/h3-6H,7-10H2,1-2H3,(H,22,23). The summed E-state index contributed by atoms with van der Waals surface area (Å²) in [5, 5.41) is 9.90. The molecule has 1 heterocycles. The Kier molecular flexibility index (Phi) is 6.71. The summed E-state index contributed by atoms with van der Waals surface area (Å²) < 4.78 is 5.17. The largest absolute Gasteiger partial charge is 0.479 e. The second-order valence-electron chi connectivity index (χ2n) is 5.52. The third-order valence-electron chi connectivity index (χ3n) is 3.72. The number of amides is 1. The molecule has 1 N–H and O–H groups in total. The van der Waals surface area contributed by atoms with E-state index >= 15 is 0 Å². The number of esters is 1. The van der Waals surface area contributed by atoms with Crippen LogP contribution in [-0.2, 0) is 24.0 Å². The Morgan fingerprint density at radius 2 is 1.96 bits per heavy atom. The molecule has 0 spiro atoms. The maximum Gasteiger partial charge on any atom is 0.345 e. The smallest absolute Gasteiger partial charge is 0.345 e. The molecule has 1 amide bonds. The first-order valence-corrected chi connectivity index (χ1v) is 9.85. The number of thioether (sulfide) groups is 2. The first kappa shape index (κ1) is 20.3. The SMILES string of the molecule is CC(=O)Oc1ccccc1C1(C(=O)O)SCCN1C(=O)CCSC(C)=O. The van der Waals surface area contributed by atoms with Crippen molar-refractivity contribution >= 4 is 46.5 Å². The molecule has 7 nitrogen and oxygen atoms in total. The van der Waals surface area contributed by atoms with E-state index in [0.717, 1.165) is 23.5 Å². The van der Waals surface area contributed by atoms with Crippen LogP contribution >= 0.6 is 23.5 Å². The van der Waals surface area contributed by atoms with E-state index in [4.69, 9.17) is 4.74 Å². The summed E-state index contributed by atoms with van der Waals surface area (Å²) in [4.78, 5) is 47.0. The predicted octanol–water partition coefficient (Wildman–Crippen LogP) is 2.09. The van der Waals surface area contributed by atoms with Gasteiger partial charge in [0.1, 0.15) is 5.75 Å². The Morgan fingerprint density at radius 3 is 2.58 bits per heavy atom. The van der Waals surface area contributed by atoms with Gasteiger partial charge in [0.15, 0.2) is 5.12 Å². The molecular weight excluding hydrogens is 378 g/mol. The molecule has 0 aliphatic carbocycles. The number of ether oxygens (including phenoxy) is 1. The number of hydrogen-bond donors (Lipinski definition) is 1. The summed E-state index contributed by atoms with van der Waals surface area (Å²) in [6.45, 7) is 2.90. The van der Waals surface area contributed by atoms with Crippen LogP contribution in [0.3, 0.4) is 0 Å². The summed E-state index contributed by atoms with van der Waals surface area (Å²) in [6.07, 6.45) is 0.0512. The van der Waals surface area contributed by atoms with Crippen molar-refractivity contribution in [1.29, 1.82) is 0 Å². The highest BCUT2D eigenvalue weighted by Gasteiger charge is 2.53. The van der Waals surface area contributed by atoms with Gasteiger partial charge in [0.25, 0.3) is 0 Å². The predicted molar refractivity (Wildman–Crippen MR) is 99.0 cm³/mol. The molecule has 0 aromatic heterocycles. The van der Waals surface area contributed by atoms with Crippen molar-refractivity contribution in [3.63, 3.8) is 0 Å². The molecule has 26 heavy (non-hydrogen) atoms. The normalized spacial score (nSPS) is 19.2. The van der Waals surface area contributed by atoms with Gasteiger partial charge in [-0.3, -0.25) is 14.4 Å².